The lowest BCUT2D eigenvalue weighted by Crippen LogP contribution is -2.34. The van der Waals surface area contributed by atoms with Gasteiger partial charge >= 0.3 is 0 Å². The molecule has 0 atom stereocenters. The van der Waals surface area contributed by atoms with Crippen LogP contribution in [0.4, 0.5) is 11.5 Å². The quantitative estimate of drug-likeness (QED) is 0.806. The molecule has 1 aliphatic heterocycles. The number of pyridine rings is 1. The van der Waals surface area contributed by atoms with Gasteiger partial charge in [-0.2, -0.15) is 0 Å². The minimum absolute atomic E-state index is 0.846. The molecule has 2 aromatic heterocycles. The minimum Gasteiger partial charge on any atom is -0.365 e. The summed E-state index contributed by atoms with van der Waals surface area (Å²) in [5.41, 5.74) is 4.21. The van der Waals surface area contributed by atoms with Gasteiger partial charge in [0.15, 0.2) is 5.82 Å². The number of nitrogens with zero attached hydrogens (tertiary/aromatic N) is 4. The Kier molecular flexibility index (Phi) is 3.60. The van der Waals surface area contributed by atoms with Gasteiger partial charge < -0.3 is 10.2 Å². The van der Waals surface area contributed by atoms with Crippen molar-refractivity contribution in [2.45, 2.75) is 6.54 Å². The molecule has 0 aliphatic carbocycles. The van der Waals surface area contributed by atoms with E-state index in [1.54, 1.807) is 6.20 Å². The number of benzene rings is 1. The lowest BCUT2D eigenvalue weighted by Gasteiger charge is -2.31. The van der Waals surface area contributed by atoms with Crippen LogP contribution in [0.25, 0.3) is 11.3 Å². The third kappa shape index (κ3) is 2.85. The van der Waals surface area contributed by atoms with Gasteiger partial charge in [0, 0.05) is 37.6 Å². The second-order valence-electron chi connectivity index (χ2n) is 5.54. The van der Waals surface area contributed by atoms with Gasteiger partial charge in [0.1, 0.15) is 0 Å². The SMILES string of the molecule is c1ccc(CN2CCNc3nnc(-c4cccnc4)cc32)cc1. The van der Waals surface area contributed by atoms with E-state index in [-0.39, 0.29) is 0 Å². The Hall–Kier alpha value is -2.95. The predicted octanol–water partition coefficient (Wildman–Crippen LogP) is 2.97. The molecule has 1 aromatic carbocycles. The largest absolute Gasteiger partial charge is 0.365 e. The maximum atomic E-state index is 4.36. The molecule has 1 aliphatic rings. The van der Waals surface area contributed by atoms with Gasteiger partial charge in [0.2, 0.25) is 0 Å². The average molecular weight is 303 g/mol. The van der Waals surface area contributed by atoms with Crippen LogP contribution >= 0.6 is 0 Å². The summed E-state index contributed by atoms with van der Waals surface area (Å²) in [5.74, 6) is 0.847. The zero-order valence-corrected chi connectivity index (χ0v) is 12.7. The molecule has 3 aromatic rings. The predicted molar refractivity (Wildman–Crippen MR) is 91.2 cm³/mol. The van der Waals surface area contributed by atoms with Crippen molar-refractivity contribution in [3.05, 3.63) is 66.5 Å². The molecule has 0 fully saturated rings. The minimum atomic E-state index is 0.846. The number of hydrogen-bond donors (Lipinski definition) is 1. The van der Waals surface area contributed by atoms with Gasteiger partial charge in [0.05, 0.1) is 11.4 Å². The van der Waals surface area contributed by atoms with Crippen molar-refractivity contribution < 1.29 is 0 Å². The summed E-state index contributed by atoms with van der Waals surface area (Å²) in [5, 5.41) is 12.0. The van der Waals surface area contributed by atoms with Crippen LogP contribution in [0.1, 0.15) is 5.56 Å². The average Bonchev–Trinajstić information content (AvgIpc) is 2.63. The number of rotatable bonds is 3. The Labute approximate surface area is 135 Å². The van der Waals surface area contributed by atoms with Crippen molar-refractivity contribution in [3.8, 4) is 11.3 Å². The second kappa shape index (κ2) is 6.04. The first-order valence-corrected chi connectivity index (χ1v) is 7.71. The fourth-order valence-corrected chi connectivity index (χ4v) is 2.80. The van der Waals surface area contributed by atoms with Crippen LogP contribution < -0.4 is 10.2 Å². The Bertz CT molecular complexity index is 789. The summed E-state index contributed by atoms with van der Waals surface area (Å²) in [6.45, 7) is 2.69. The lowest BCUT2D eigenvalue weighted by atomic mass is 10.1. The van der Waals surface area contributed by atoms with E-state index in [1.165, 1.54) is 5.56 Å². The molecule has 5 heteroatoms. The van der Waals surface area contributed by atoms with E-state index in [0.717, 1.165) is 42.4 Å². The van der Waals surface area contributed by atoms with Crippen molar-refractivity contribution in [2.24, 2.45) is 0 Å². The molecule has 114 valence electrons. The van der Waals surface area contributed by atoms with Crippen molar-refractivity contribution in [3.63, 3.8) is 0 Å². The van der Waals surface area contributed by atoms with E-state index in [1.807, 2.05) is 24.4 Å². The summed E-state index contributed by atoms with van der Waals surface area (Å²) >= 11 is 0. The third-order valence-electron chi connectivity index (χ3n) is 3.96. The Morgan fingerprint density at radius 1 is 1.04 bits per heavy atom. The van der Waals surface area contributed by atoms with E-state index in [4.69, 9.17) is 0 Å². The van der Waals surface area contributed by atoms with E-state index in [0.29, 0.717) is 0 Å². The zero-order valence-electron chi connectivity index (χ0n) is 12.7. The first-order chi connectivity index (χ1) is 11.4. The fourth-order valence-electron chi connectivity index (χ4n) is 2.80. The molecule has 0 unspecified atom stereocenters. The molecule has 4 rings (SSSR count). The molecule has 1 N–H and O–H groups in total. The van der Waals surface area contributed by atoms with Gasteiger partial charge in [-0.05, 0) is 23.8 Å². The van der Waals surface area contributed by atoms with Crippen LogP contribution in [0.5, 0.6) is 0 Å². The van der Waals surface area contributed by atoms with Gasteiger partial charge in [-0.3, -0.25) is 4.98 Å². The molecular formula is C18H17N5. The van der Waals surface area contributed by atoms with Crippen LogP contribution in [0, 0.1) is 0 Å². The van der Waals surface area contributed by atoms with E-state index in [9.17, 15) is 0 Å². The monoisotopic (exact) mass is 303 g/mol. The molecule has 0 radical (unpaired) electrons. The lowest BCUT2D eigenvalue weighted by molar-refractivity contribution is 0.773. The molecule has 5 nitrogen and oxygen atoms in total. The molecule has 0 spiro atoms. The van der Waals surface area contributed by atoms with Crippen LogP contribution in [-0.2, 0) is 6.54 Å². The van der Waals surface area contributed by atoms with Crippen molar-refractivity contribution in [1.82, 2.24) is 15.2 Å². The van der Waals surface area contributed by atoms with Crippen molar-refractivity contribution >= 4 is 11.5 Å². The summed E-state index contributed by atoms with van der Waals surface area (Å²) in [7, 11) is 0. The smallest absolute Gasteiger partial charge is 0.172 e. The number of hydrogen-bond acceptors (Lipinski definition) is 5. The Balaban J connectivity index is 1.69. The van der Waals surface area contributed by atoms with Gasteiger partial charge in [-0.25, -0.2) is 0 Å². The summed E-state index contributed by atoms with van der Waals surface area (Å²) in [6.07, 6.45) is 3.58. The van der Waals surface area contributed by atoms with Gasteiger partial charge in [-0.15, -0.1) is 10.2 Å². The Morgan fingerprint density at radius 3 is 2.78 bits per heavy atom. The highest BCUT2D eigenvalue weighted by Gasteiger charge is 2.19. The topological polar surface area (TPSA) is 53.9 Å². The summed E-state index contributed by atoms with van der Waals surface area (Å²) in [6, 6.07) is 16.5. The molecule has 3 heterocycles. The number of fused-ring (bicyclic) bond motifs is 1. The number of anilines is 2. The van der Waals surface area contributed by atoms with Crippen LogP contribution in [0.2, 0.25) is 0 Å². The van der Waals surface area contributed by atoms with Gasteiger partial charge in [-0.1, -0.05) is 30.3 Å². The highest BCUT2D eigenvalue weighted by molar-refractivity contribution is 5.73. The molecule has 0 amide bonds. The number of aromatic nitrogens is 3. The molecule has 0 saturated carbocycles. The fraction of sp³-hybridized carbons (Fsp3) is 0.167. The molecular weight excluding hydrogens is 286 g/mol. The van der Waals surface area contributed by atoms with Crippen molar-refractivity contribution in [1.29, 1.82) is 0 Å². The van der Waals surface area contributed by atoms with E-state index < -0.39 is 0 Å². The first-order valence-electron chi connectivity index (χ1n) is 7.71. The number of nitrogens with one attached hydrogen (secondary N) is 1. The second-order valence-corrected chi connectivity index (χ2v) is 5.54. The maximum absolute atomic E-state index is 4.36. The molecule has 0 saturated heterocycles. The summed E-state index contributed by atoms with van der Waals surface area (Å²) < 4.78 is 0. The van der Waals surface area contributed by atoms with Gasteiger partial charge in [0.25, 0.3) is 0 Å². The molecule has 23 heavy (non-hydrogen) atoms. The highest BCUT2D eigenvalue weighted by atomic mass is 15.3. The van der Waals surface area contributed by atoms with Crippen LogP contribution in [0.15, 0.2) is 60.9 Å². The third-order valence-corrected chi connectivity index (χ3v) is 3.96. The van der Waals surface area contributed by atoms with Crippen molar-refractivity contribution in [2.75, 3.05) is 23.3 Å². The van der Waals surface area contributed by atoms with E-state index in [2.05, 4.69) is 55.7 Å². The standard InChI is InChI=1S/C18H17N5/c1-2-5-14(6-3-1)13-23-10-9-20-18-17(23)11-16(21-22-18)15-7-4-8-19-12-15/h1-8,11-12H,9-10,13H2,(H,20,22). The first kappa shape index (κ1) is 13.7. The van der Waals surface area contributed by atoms with Crippen LogP contribution in [0.3, 0.4) is 0 Å². The summed E-state index contributed by atoms with van der Waals surface area (Å²) in [4.78, 5) is 6.51. The maximum Gasteiger partial charge on any atom is 0.172 e. The normalized spacial score (nSPS) is 13.3. The zero-order chi connectivity index (χ0) is 15.5. The van der Waals surface area contributed by atoms with Crippen LogP contribution in [-0.4, -0.2) is 28.3 Å². The Morgan fingerprint density at radius 2 is 1.96 bits per heavy atom. The molecule has 0 bridgehead atoms. The highest BCUT2D eigenvalue weighted by Crippen LogP contribution is 2.30. The van der Waals surface area contributed by atoms with E-state index >= 15 is 0 Å².